The Balaban J connectivity index is 0.000000165. The van der Waals surface area contributed by atoms with Crippen molar-refractivity contribution in [2.24, 2.45) is 0 Å². The van der Waals surface area contributed by atoms with Gasteiger partial charge < -0.3 is 18.9 Å². The molecule has 0 aliphatic carbocycles. The van der Waals surface area contributed by atoms with E-state index in [2.05, 4.69) is 306 Å². The van der Waals surface area contributed by atoms with Crippen LogP contribution in [0.2, 0.25) is 0 Å². The van der Waals surface area contributed by atoms with E-state index in [1.54, 1.807) is 0 Å². The van der Waals surface area contributed by atoms with E-state index in [0.717, 1.165) is 117 Å². The minimum Gasteiger partial charge on any atom is -0.308 e. The van der Waals surface area contributed by atoms with E-state index < -0.39 is 22.2 Å². The first-order chi connectivity index (χ1) is 53.7. The molecule has 13 nitrogen and oxygen atoms in total. The van der Waals surface area contributed by atoms with Crippen LogP contribution in [0.1, 0.15) is 89.8 Å². The zero-order valence-corrected chi connectivity index (χ0v) is 75.5. The summed E-state index contributed by atoms with van der Waals surface area (Å²) in [6.07, 6.45) is 0. The van der Waals surface area contributed by atoms with E-state index in [9.17, 15) is 4.57 Å². The number of aromatic nitrogens is 7. The molecule has 2 N–H and O–H groups in total. The number of fused-ring (bicyclic) bond motifs is 4. The van der Waals surface area contributed by atoms with Gasteiger partial charge in [0.05, 0.1) is 84.9 Å². The van der Waals surface area contributed by atoms with Crippen molar-refractivity contribution in [2.75, 3.05) is 9.80 Å². The summed E-state index contributed by atoms with van der Waals surface area (Å²) < 4.78 is 35.9. The van der Waals surface area contributed by atoms with Gasteiger partial charge in [-0.3, -0.25) is 20.5 Å². The average molecular weight is 1920 g/mol. The fourth-order valence-corrected chi connectivity index (χ4v) is 22.7. The average Bonchev–Trinajstić information content (AvgIpc) is 0.723. The van der Waals surface area contributed by atoms with E-state index in [4.69, 9.17) is 30.5 Å². The Bertz CT molecular complexity index is 5520. The summed E-state index contributed by atoms with van der Waals surface area (Å²) in [6, 6.07) is 91.7. The first kappa shape index (κ1) is 83.3. The van der Waals surface area contributed by atoms with Crippen LogP contribution in [0.4, 0.5) is 34.1 Å². The van der Waals surface area contributed by atoms with Crippen LogP contribution >= 0.6 is 118 Å². The number of aryl methyl sites for hydroxylation is 7. The highest BCUT2D eigenvalue weighted by Gasteiger charge is 2.41. The van der Waals surface area contributed by atoms with Gasteiger partial charge in [0.15, 0.2) is 0 Å². The smallest absolute Gasteiger partial charge is 0.206 e. The zero-order chi connectivity index (χ0) is 80.0. The molecule has 0 fully saturated rings. The molecular weight excluding hydrogens is 1840 g/mol. The maximum atomic E-state index is 15.9. The Morgan fingerprint density at radius 1 is 0.286 bits per heavy atom. The van der Waals surface area contributed by atoms with Gasteiger partial charge >= 0.3 is 0 Å². The summed E-state index contributed by atoms with van der Waals surface area (Å²) in [5.74, 6) is 0. The van der Waals surface area contributed by atoms with Gasteiger partial charge in [-0.25, -0.2) is 24.9 Å². The first-order valence-corrected chi connectivity index (χ1v) is 45.4. The molecule has 7 aromatic heterocycles. The van der Waals surface area contributed by atoms with Crippen molar-refractivity contribution >= 4 is 200 Å². The van der Waals surface area contributed by atoms with Crippen molar-refractivity contribution in [1.82, 2.24) is 34.9 Å². The third kappa shape index (κ3) is 17.0. The second kappa shape index (κ2) is 35.7. The third-order valence-corrected chi connectivity index (χ3v) is 32.3. The standard InChI is InChI=1S/C48H43N4OP.C18H15Br2N2OP.C18H15Br2N2P.C6H5Br2N.H2O2/c1-32-39(51-41-24-14-10-20-35(41)47(3,4)36-21-11-15-25-42(36)51)28-30-45(49-32)54(53,34-18-8-7-9-19-34)46-31-29-40(33(2)50-46)52-43-26-16-12-22-37(43)48(5,6)38-23-13-17-27-44(38)52;1-12-15(19)8-10-17(21-12)24(23,14-6-4-3-5-7-14)18-11-9-16(20)13(2)22-18;1-12-15(19)8-10-17(21-12)23(14-6-4-3-5-7-14)18-11-9-16(20)13(2)22-18;1-4-5(7)2-3-6(8)9-4;1-2/h7-31H,1-6H3;3-11H,1-2H3;3-11H,1-2H3;2-3H,1H3;1-2H. The predicted molar refractivity (Wildman–Crippen MR) is 486 cm³/mol. The molecule has 0 unspecified atom stereocenters. The minimum atomic E-state index is -3.52. The third-order valence-electron chi connectivity index (χ3n) is 19.9. The van der Waals surface area contributed by atoms with Crippen molar-refractivity contribution in [3.8, 4) is 0 Å². The molecule has 0 radical (unpaired) electrons. The molecule has 0 amide bonds. The number of hydrogen-bond donors (Lipinski definition) is 2. The van der Waals surface area contributed by atoms with Crippen molar-refractivity contribution < 1.29 is 19.6 Å². The fourth-order valence-electron chi connectivity index (χ4n) is 14.0. The van der Waals surface area contributed by atoms with Gasteiger partial charge in [0, 0.05) is 51.7 Å². The van der Waals surface area contributed by atoms with E-state index in [1.807, 2.05) is 164 Å². The molecule has 9 heterocycles. The maximum Gasteiger partial charge on any atom is 0.206 e. The lowest BCUT2D eigenvalue weighted by molar-refractivity contribution is -0.176. The molecule has 566 valence electrons. The lowest BCUT2D eigenvalue weighted by Crippen LogP contribution is -2.33. The van der Waals surface area contributed by atoms with Crippen LogP contribution in [0.5, 0.6) is 0 Å². The van der Waals surface area contributed by atoms with Crippen LogP contribution in [0.25, 0.3) is 0 Å². The topological polar surface area (TPSA) is 171 Å². The van der Waals surface area contributed by atoms with Crippen LogP contribution < -0.4 is 58.3 Å². The van der Waals surface area contributed by atoms with Gasteiger partial charge in [-0.1, -0.05) is 191 Å². The highest BCUT2D eigenvalue weighted by atomic mass is 79.9. The molecule has 0 saturated carbocycles. The molecule has 112 heavy (non-hydrogen) atoms. The number of hydrogen-bond acceptors (Lipinski definition) is 13. The monoisotopic (exact) mass is 1920 g/mol. The van der Waals surface area contributed by atoms with Gasteiger partial charge in [-0.05, 0) is 281 Å². The van der Waals surface area contributed by atoms with Crippen LogP contribution in [0, 0.1) is 48.5 Å². The van der Waals surface area contributed by atoms with E-state index in [-0.39, 0.29) is 10.8 Å². The normalized spacial score (nSPS) is 12.9. The van der Waals surface area contributed by atoms with Gasteiger partial charge in [0.2, 0.25) is 14.3 Å². The Morgan fingerprint density at radius 3 is 0.839 bits per heavy atom. The maximum absolute atomic E-state index is 15.9. The van der Waals surface area contributed by atoms with Crippen LogP contribution in [0.3, 0.4) is 0 Å². The Labute approximate surface area is 707 Å². The molecule has 0 saturated heterocycles. The highest BCUT2D eigenvalue weighted by molar-refractivity contribution is 9.11. The molecule has 0 bridgehead atoms. The number of rotatable bonds is 11. The number of pyridine rings is 7. The second-order valence-corrected chi connectivity index (χ2v) is 40.2. The van der Waals surface area contributed by atoms with Gasteiger partial charge in [-0.15, -0.1) is 0 Å². The number of nitrogens with zero attached hydrogens (tertiary/aromatic N) is 9. The number of benzene rings is 7. The molecule has 14 aromatic rings. The van der Waals surface area contributed by atoms with Crippen LogP contribution in [0.15, 0.2) is 300 Å². The molecule has 0 atom stereocenters. The Kier molecular flexibility index (Phi) is 26.6. The predicted octanol–water partition coefficient (Wildman–Crippen LogP) is 22.5. The number of halogens is 6. The SMILES string of the molecule is Cc1nc(Br)ccc1Br.Cc1nc(P(=O)(c2ccccc2)c2ccc(Br)c(C)n2)ccc1Br.Cc1nc(P(=O)(c2ccccc2)c2ccc(N3c4ccccc4C(C)(C)c4ccccc43)c(C)n2)ccc1N1c2ccccc2C(C)(C)c2ccccc21.Cc1nc(P(c2ccccc2)c2ccc(Br)c(C)n2)ccc1Br.OO. The molecule has 2 aliphatic rings. The van der Waals surface area contributed by atoms with E-state index in [1.165, 1.54) is 27.6 Å². The quantitative estimate of drug-likeness (QED) is 0.0543. The van der Waals surface area contributed by atoms with Crippen LogP contribution in [-0.2, 0) is 20.0 Å². The van der Waals surface area contributed by atoms with E-state index in [0.29, 0.717) is 27.0 Å². The summed E-state index contributed by atoms with van der Waals surface area (Å²) in [6.45, 7) is 23.0. The summed E-state index contributed by atoms with van der Waals surface area (Å²) in [7, 11) is -7.42. The Hall–Kier alpha value is -8.12. The molecule has 16 rings (SSSR count). The van der Waals surface area contributed by atoms with Gasteiger partial charge in [0.25, 0.3) is 0 Å². The fraction of sp³-hybridized carbons (Fsp3) is 0.144. The highest BCUT2D eigenvalue weighted by Crippen LogP contribution is 2.55. The summed E-state index contributed by atoms with van der Waals surface area (Å²) >= 11 is 20.6. The van der Waals surface area contributed by atoms with Gasteiger partial charge in [0.1, 0.15) is 26.3 Å². The summed E-state index contributed by atoms with van der Waals surface area (Å²) in [5, 5.41) is 14.7. The number of para-hydroxylation sites is 4. The first-order valence-electron chi connectivity index (χ1n) is 35.8. The zero-order valence-electron chi connectivity index (χ0n) is 63.3. The van der Waals surface area contributed by atoms with Crippen molar-refractivity contribution in [3.63, 3.8) is 0 Å². The number of anilines is 6. The molecule has 22 heteroatoms. The van der Waals surface area contributed by atoms with Crippen LogP contribution in [-0.4, -0.2) is 45.4 Å². The van der Waals surface area contributed by atoms with E-state index >= 15 is 4.57 Å². The lowest BCUT2D eigenvalue weighted by atomic mass is 9.73. The minimum absolute atomic E-state index is 0.168. The van der Waals surface area contributed by atoms with Gasteiger partial charge in [-0.2, -0.15) is 0 Å². The Morgan fingerprint density at radius 2 is 0.545 bits per heavy atom. The largest absolute Gasteiger partial charge is 0.308 e. The molecule has 7 aromatic carbocycles. The lowest BCUT2D eigenvalue weighted by Gasteiger charge is -2.42. The van der Waals surface area contributed by atoms with Crippen molar-refractivity contribution in [1.29, 1.82) is 0 Å². The molecule has 0 spiro atoms. The second-order valence-electron chi connectivity index (χ2n) is 27.7. The van der Waals surface area contributed by atoms with Crippen molar-refractivity contribution in [2.45, 2.75) is 87.0 Å². The molecule has 2 aliphatic heterocycles. The molecular formula is C90H80Br6N9O4P3. The van der Waals surface area contributed by atoms with Crippen molar-refractivity contribution in [3.05, 3.63) is 362 Å². The summed E-state index contributed by atoms with van der Waals surface area (Å²) in [4.78, 5) is 38.0. The summed E-state index contributed by atoms with van der Waals surface area (Å²) in [5.41, 5.74) is 21.6.